The first kappa shape index (κ1) is 95.2. The Hall–Kier alpha value is -1.99. The zero-order valence-electron chi connectivity index (χ0n) is 65.1. The Morgan fingerprint density at radius 1 is 0.350 bits per heavy atom. The summed E-state index contributed by atoms with van der Waals surface area (Å²) in [6.07, 6.45) is 54.2. The fourth-order valence-corrected chi connectivity index (χ4v) is 14.6. The zero-order valence-corrected chi connectivity index (χ0v) is 65.1. The molecular weight excluding hydrogens is 1310 g/mol. The lowest BCUT2D eigenvalue weighted by Gasteiger charge is -2.48. The average molecular weight is 1470 g/mol. The number of unbranched alkanes of at least 4 members (excludes halogenated alkanes) is 49. The van der Waals surface area contributed by atoms with Crippen molar-refractivity contribution < 1.29 is 89.4 Å². The SMILES string of the molecule is CCCCCCC/C=C\C/C=C\CCCCCCCCCCCCCCCCCC(=O)NC(COC1OC(CO)C(OC2OC(CO)C(OC3OC(CO)C(O)C(O)C3O)C(O)C2O)C(O)C1O)C(O)/C=C/CCCCCCCCCCCCCCCCCCCCCCCCCCCCCCC. The molecule has 0 aromatic rings. The van der Waals surface area contributed by atoms with Gasteiger partial charge in [0.2, 0.25) is 5.91 Å². The molecule has 103 heavy (non-hydrogen) atoms. The third kappa shape index (κ3) is 44.5. The van der Waals surface area contributed by atoms with Crippen molar-refractivity contribution >= 4 is 5.91 Å². The van der Waals surface area contributed by atoms with E-state index < -0.39 is 124 Å². The minimum Gasteiger partial charge on any atom is -0.394 e. The van der Waals surface area contributed by atoms with Gasteiger partial charge in [0.05, 0.1) is 38.6 Å². The van der Waals surface area contributed by atoms with Crippen LogP contribution < -0.4 is 5.32 Å². The normalized spacial score (nSPS) is 26.2. The largest absolute Gasteiger partial charge is 0.394 e. The van der Waals surface area contributed by atoms with Gasteiger partial charge in [-0.25, -0.2) is 0 Å². The van der Waals surface area contributed by atoms with Gasteiger partial charge in [0, 0.05) is 6.42 Å². The van der Waals surface area contributed by atoms with Crippen LogP contribution in [0.25, 0.3) is 0 Å². The molecule has 0 saturated carbocycles. The molecule has 0 aromatic heterocycles. The molecule has 606 valence electrons. The van der Waals surface area contributed by atoms with E-state index in [1.54, 1.807) is 6.08 Å². The maximum Gasteiger partial charge on any atom is 0.220 e. The summed E-state index contributed by atoms with van der Waals surface area (Å²) in [6.45, 7) is 1.79. The summed E-state index contributed by atoms with van der Waals surface area (Å²) >= 11 is 0. The van der Waals surface area contributed by atoms with Crippen LogP contribution in [0.4, 0.5) is 0 Å². The van der Waals surface area contributed by atoms with E-state index in [-0.39, 0.29) is 18.9 Å². The maximum absolute atomic E-state index is 13.5. The quantitative estimate of drug-likeness (QED) is 0.0199. The molecule has 17 unspecified atom stereocenters. The Kier molecular flexibility index (Phi) is 59.9. The van der Waals surface area contributed by atoms with E-state index in [2.05, 4.69) is 43.5 Å². The van der Waals surface area contributed by atoms with Crippen LogP contribution >= 0.6 is 0 Å². The predicted octanol–water partition coefficient (Wildman–Crippen LogP) is 15.1. The Balaban J connectivity index is 1.36. The molecule has 0 aromatic carbocycles. The molecule has 0 spiro atoms. The number of ether oxygens (including phenoxy) is 6. The third-order valence-corrected chi connectivity index (χ3v) is 21.4. The van der Waals surface area contributed by atoms with E-state index in [9.17, 15) is 61.0 Å². The second kappa shape index (κ2) is 64.8. The van der Waals surface area contributed by atoms with Gasteiger partial charge in [-0.15, -0.1) is 0 Å². The minimum absolute atomic E-state index is 0.245. The molecule has 0 radical (unpaired) electrons. The number of nitrogens with one attached hydrogen (secondary N) is 1. The molecule has 3 aliphatic heterocycles. The summed E-state index contributed by atoms with van der Waals surface area (Å²) in [5.74, 6) is -0.270. The summed E-state index contributed by atoms with van der Waals surface area (Å²) in [7, 11) is 0. The van der Waals surface area contributed by atoms with Gasteiger partial charge in [-0.1, -0.05) is 339 Å². The third-order valence-electron chi connectivity index (χ3n) is 21.4. The number of rotatable bonds is 69. The van der Waals surface area contributed by atoms with Crippen LogP contribution in [-0.4, -0.2) is 193 Å². The van der Waals surface area contributed by atoms with Crippen molar-refractivity contribution in [1.82, 2.24) is 5.32 Å². The van der Waals surface area contributed by atoms with E-state index in [1.807, 2.05) is 6.08 Å². The molecule has 0 bridgehead atoms. The van der Waals surface area contributed by atoms with Gasteiger partial charge >= 0.3 is 0 Å². The van der Waals surface area contributed by atoms with Gasteiger partial charge < -0.3 is 89.9 Å². The highest BCUT2D eigenvalue weighted by Crippen LogP contribution is 2.33. The first-order valence-electron chi connectivity index (χ1n) is 42.7. The Bertz CT molecular complexity index is 2000. The van der Waals surface area contributed by atoms with E-state index in [0.29, 0.717) is 6.42 Å². The van der Waals surface area contributed by atoms with Gasteiger partial charge in [-0.3, -0.25) is 4.79 Å². The van der Waals surface area contributed by atoms with Crippen molar-refractivity contribution in [3.63, 3.8) is 0 Å². The number of aliphatic hydroxyl groups excluding tert-OH is 11. The number of aliphatic hydroxyl groups is 11. The number of allylic oxidation sites excluding steroid dienone is 5. The molecule has 3 heterocycles. The summed E-state index contributed by atoms with van der Waals surface area (Å²) in [5.41, 5.74) is 0. The van der Waals surface area contributed by atoms with Crippen molar-refractivity contribution in [3.8, 4) is 0 Å². The topological polar surface area (TPSA) is 307 Å². The van der Waals surface area contributed by atoms with Crippen LogP contribution in [0.15, 0.2) is 36.5 Å². The fraction of sp³-hybridized carbons (Fsp3) is 0.917. The van der Waals surface area contributed by atoms with E-state index in [0.717, 1.165) is 51.4 Å². The van der Waals surface area contributed by atoms with E-state index in [4.69, 9.17) is 28.4 Å². The Morgan fingerprint density at radius 2 is 0.641 bits per heavy atom. The number of amides is 1. The first-order chi connectivity index (χ1) is 50.3. The maximum atomic E-state index is 13.5. The van der Waals surface area contributed by atoms with Crippen molar-refractivity contribution in [2.75, 3.05) is 26.4 Å². The number of hydrogen-bond donors (Lipinski definition) is 12. The van der Waals surface area contributed by atoms with Crippen LogP contribution in [-0.2, 0) is 33.2 Å². The molecule has 19 nitrogen and oxygen atoms in total. The van der Waals surface area contributed by atoms with Crippen LogP contribution in [0.3, 0.4) is 0 Å². The fourth-order valence-electron chi connectivity index (χ4n) is 14.6. The molecule has 19 heteroatoms. The zero-order chi connectivity index (χ0) is 74.6. The van der Waals surface area contributed by atoms with Gasteiger partial charge in [0.1, 0.15) is 73.2 Å². The lowest BCUT2D eigenvalue weighted by Crippen LogP contribution is -2.66. The summed E-state index contributed by atoms with van der Waals surface area (Å²) in [5, 5.41) is 121. The van der Waals surface area contributed by atoms with Crippen molar-refractivity contribution in [2.45, 2.75) is 465 Å². The molecule has 1 amide bonds. The molecule has 12 N–H and O–H groups in total. The van der Waals surface area contributed by atoms with Crippen LogP contribution in [0.1, 0.15) is 361 Å². The number of carbonyl (C=O) groups is 1. The first-order valence-corrected chi connectivity index (χ1v) is 42.7. The van der Waals surface area contributed by atoms with E-state index >= 15 is 0 Å². The monoisotopic (exact) mass is 1470 g/mol. The predicted molar refractivity (Wildman–Crippen MR) is 411 cm³/mol. The second-order valence-corrected chi connectivity index (χ2v) is 30.6. The van der Waals surface area contributed by atoms with Crippen molar-refractivity contribution in [2.24, 2.45) is 0 Å². The highest BCUT2D eigenvalue weighted by Gasteiger charge is 2.54. The number of hydrogen-bond acceptors (Lipinski definition) is 18. The molecule has 3 aliphatic rings. The smallest absolute Gasteiger partial charge is 0.220 e. The molecular formula is C84H157NO18. The number of carbonyl (C=O) groups excluding carboxylic acids is 1. The van der Waals surface area contributed by atoms with Gasteiger partial charge in [-0.05, 0) is 51.4 Å². The van der Waals surface area contributed by atoms with Crippen LogP contribution in [0.2, 0.25) is 0 Å². The van der Waals surface area contributed by atoms with Gasteiger partial charge in [0.25, 0.3) is 0 Å². The Labute approximate surface area is 625 Å². The summed E-state index contributed by atoms with van der Waals surface area (Å²) in [4.78, 5) is 13.5. The van der Waals surface area contributed by atoms with Gasteiger partial charge in [0.15, 0.2) is 18.9 Å². The minimum atomic E-state index is -1.98. The van der Waals surface area contributed by atoms with Crippen molar-refractivity contribution in [3.05, 3.63) is 36.5 Å². The molecule has 3 rings (SSSR count). The average Bonchev–Trinajstić information content (AvgIpc) is 0.781. The van der Waals surface area contributed by atoms with Crippen LogP contribution in [0.5, 0.6) is 0 Å². The molecule has 3 saturated heterocycles. The second-order valence-electron chi connectivity index (χ2n) is 30.6. The van der Waals surface area contributed by atoms with Crippen molar-refractivity contribution in [1.29, 1.82) is 0 Å². The van der Waals surface area contributed by atoms with Crippen LogP contribution in [0, 0.1) is 0 Å². The standard InChI is InChI=1S/C84H157NO18/c1-3-5-7-9-11-13-15-17-19-21-23-25-27-29-31-32-33-34-36-37-39-41-43-45-47-49-51-53-55-57-59-61-68(89)67(85-72(90)62-60-58-56-54-52-50-48-46-44-42-40-38-35-30-28-26-24-22-20-18-16-14-12-10-8-6-4-2)66-98-82-78(96)75(93)80(70(64-87)100-82)103-84-79(97)76(94)81(71(65-88)101-84)102-83-77(95)74(92)73(91)69(63-86)99-83/h16,18,22,24,59,61,67-71,73-84,86-89,91-97H,3-15,17,19-21,23,25-58,60,62-66H2,1-2H3,(H,85,90)/b18-16-,24-22-,61-59+. The molecule has 3 fully saturated rings. The Morgan fingerprint density at radius 3 is 0.990 bits per heavy atom. The van der Waals surface area contributed by atoms with E-state index in [1.165, 1.54) is 283 Å². The summed E-state index contributed by atoms with van der Waals surface area (Å²) in [6, 6.07) is -0.975. The molecule has 17 atom stereocenters. The highest BCUT2D eigenvalue weighted by atomic mass is 16.8. The highest BCUT2D eigenvalue weighted by molar-refractivity contribution is 5.76. The summed E-state index contributed by atoms with van der Waals surface area (Å²) < 4.78 is 34.5. The lowest BCUT2D eigenvalue weighted by molar-refractivity contribution is -0.379. The van der Waals surface area contributed by atoms with Gasteiger partial charge in [-0.2, -0.15) is 0 Å². The molecule has 0 aliphatic carbocycles. The lowest BCUT2D eigenvalue weighted by atomic mass is 9.96.